The topological polar surface area (TPSA) is 74.0 Å². The molecule has 1 aromatic heterocycles. The fraction of sp³-hybridized carbons (Fsp3) is 0.421. The molecule has 0 spiro atoms. The van der Waals surface area contributed by atoms with E-state index >= 15 is 0 Å². The van der Waals surface area contributed by atoms with E-state index in [0.717, 1.165) is 24.1 Å². The highest BCUT2D eigenvalue weighted by molar-refractivity contribution is 5.79. The molecule has 1 unspecified atom stereocenters. The van der Waals surface area contributed by atoms with Crippen molar-refractivity contribution in [1.82, 2.24) is 20.0 Å². The largest absolute Gasteiger partial charge is 0.337 e. The second kappa shape index (κ2) is 7.08. The molecule has 0 bridgehead atoms. The third-order valence-electron chi connectivity index (χ3n) is 4.55. The molecule has 1 saturated carbocycles. The molecule has 1 aliphatic carbocycles. The SMILES string of the molecule is CN(CC(=O)NC(C)(C#N)C1CC1)Cc1cnn(-c2ccccc2)c1. The standard InChI is InChI=1S/C19H23N5O/c1-19(14-20,16-8-9-16)22-18(25)13-23(2)11-15-10-21-24(12-15)17-6-4-3-5-7-17/h3-7,10,12,16H,8-9,11,13H2,1-2H3,(H,22,25). The van der Waals surface area contributed by atoms with Crippen LogP contribution in [0.5, 0.6) is 0 Å². The molecular weight excluding hydrogens is 314 g/mol. The summed E-state index contributed by atoms with van der Waals surface area (Å²) in [5, 5.41) is 16.6. The highest BCUT2D eigenvalue weighted by Gasteiger charge is 2.43. The zero-order valence-corrected chi connectivity index (χ0v) is 14.6. The number of carbonyl (C=O) groups is 1. The normalized spacial score (nSPS) is 16.2. The first-order valence-electron chi connectivity index (χ1n) is 8.50. The number of rotatable bonds is 7. The summed E-state index contributed by atoms with van der Waals surface area (Å²) >= 11 is 0. The van der Waals surface area contributed by atoms with Crippen LogP contribution in [-0.4, -0.2) is 39.7 Å². The number of nitrogens with one attached hydrogen (secondary N) is 1. The molecule has 0 radical (unpaired) electrons. The van der Waals surface area contributed by atoms with Gasteiger partial charge in [0.15, 0.2) is 0 Å². The summed E-state index contributed by atoms with van der Waals surface area (Å²) in [7, 11) is 1.89. The minimum Gasteiger partial charge on any atom is -0.337 e. The van der Waals surface area contributed by atoms with E-state index in [4.69, 9.17) is 0 Å². The number of hydrogen-bond acceptors (Lipinski definition) is 4. The molecule has 2 aromatic rings. The van der Waals surface area contributed by atoms with E-state index in [2.05, 4.69) is 16.5 Å². The molecular formula is C19H23N5O. The van der Waals surface area contributed by atoms with Crippen LogP contribution in [0, 0.1) is 17.2 Å². The van der Waals surface area contributed by atoms with Crippen molar-refractivity contribution in [3.05, 3.63) is 48.3 Å². The summed E-state index contributed by atoms with van der Waals surface area (Å²) in [6.07, 6.45) is 5.80. The molecule has 1 amide bonds. The number of nitriles is 1. The van der Waals surface area contributed by atoms with E-state index in [-0.39, 0.29) is 18.4 Å². The molecule has 1 fully saturated rings. The van der Waals surface area contributed by atoms with Crippen molar-refractivity contribution in [2.75, 3.05) is 13.6 Å². The molecule has 0 saturated heterocycles. The summed E-state index contributed by atoms with van der Waals surface area (Å²) in [5.41, 5.74) is 1.29. The zero-order chi connectivity index (χ0) is 17.9. The van der Waals surface area contributed by atoms with Crippen LogP contribution >= 0.6 is 0 Å². The summed E-state index contributed by atoms with van der Waals surface area (Å²) in [4.78, 5) is 14.2. The number of amides is 1. The minimum atomic E-state index is -0.740. The molecule has 130 valence electrons. The predicted molar refractivity (Wildman–Crippen MR) is 94.8 cm³/mol. The van der Waals surface area contributed by atoms with Gasteiger partial charge in [0.05, 0.1) is 24.5 Å². The first kappa shape index (κ1) is 17.2. The van der Waals surface area contributed by atoms with Crippen molar-refractivity contribution in [3.63, 3.8) is 0 Å². The van der Waals surface area contributed by atoms with Gasteiger partial charge in [0.25, 0.3) is 0 Å². The molecule has 3 rings (SSSR count). The van der Waals surface area contributed by atoms with Crippen LogP contribution in [0.3, 0.4) is 0 Å². The molecule has 25 heavy (non-hydrogen) atoms. The van der Waals surface area contributed by atoms with Gasteiger partial charge in [-0.3, -0.25) is 9.69 Å². The maximum absolute atomic E-state index is 12.3. The van der Waals surface area contributed by atoms with E-state index in [1.165, 1.54) is 0 Å². The third kappa shape index (κ3) is 4.25. The molecule has 0 aliphatic heterocycles. The second-order valence-corrected chi connectivity index (χ2v) is 6.94. The number of benzene rings is 1. The van der Waals surface area contributed by atoms with Crippen molar-refractivity contribution >= 4 is 5.91 Å². The fourth-order valence-corrected chi connectivity index (χ4v) is 2.99. The van der Waals surface area contributed by atoms with Crippen LogP contribution in [0.1, 0.15) is 25.3 Å². The lowest BCUT2D eigenvalue weighted by atomic mass is 9.98. The first-order valence-corrected chi connectivity index (χ1v) is 8.50. The van der Waals surface area contributed by atoms with Gasteiger partial charge in [-0.25, -0.2) is 4.68 Å². The van der Waals surface area contributed by atoms with E-state index in [1.807, 2.05) is 66.3 Å². The number of hydrogen-bond donors (Lipinski definition) is 1. The average Bonchev–Trinajstić information content (AvgIpc) is 3.36. The molecule has 1 N–H and O–H groups in total. The molecule has 1 aromatic carbocycles. The molecule has 6 heteroatoms. The van der Waals surface area contributed by atoms with Gasteiger partial charge in [0.1, 0.15) is 5.54 Å². The van der Waals surface area contributed by atoms with Crippen LogP contribution < -0.4 is 5.32 Å². The van der Waals surface area contributed by atoms with Gasteiger partial charge in [-0.1, -0.05) is 18.2 Å². The maximum Gasteiger partial charge on any atom is 0.235 e. The summed E-state index contributed by atoms with van der Waals surface area (Å²) in [6, 6.07) is 12.2. The van der Waals surface area contributed by atoms with Gasteiger partial charge < -0.3 is 5.32 Å². The van der Waals surface area contributed by atoms with E-state index in [1.54, 1.807) is 0 Å². The number of likely N-dealkylation sites (N-methyl/N-ethyl adjacent to an activating group) is 1. The van der Waals surface area contributed by atoms with Gasteiger partial charge in [-0.2, -0.15) is 10.4 Å². The Bertz CT molecular complexity index is 775. The molecule has 1 atom stereocenters. The van der Waals surface area contributed by atoms with Gasteiger partial charge in [-0.15, -0.1) is 0 Å². The average molecular weight is 337 g/mol. The fourth-order valence-electron chi connectivity index (χ4n) is 2.99. The van der Waals surface area contributed by atoms with Crippen molar-refractivity contribution in [3.8, 4) is 11.8 Å². The molecule has 1 aliphatic rings. The van der Waals surface area contributed by atoms with Crippen molar-refractivity contribution in [1.29, 1.82) is 5.26 Å². The predicted octanol–water partition coefficient (Wildman–Crippen LogP) is 2.11. The van der Waals surface area contributed by atoms with E-state index in [9.17, 15) is 10.1 Å². The van der Waals surface area contributed by atoms with Crippen LogP contribution in [0.15, 0.2) is 42.7 Å². The minimum absolute atomic E-state index is 0.117. The van der Waals surface area contributed by atoms with Crippen molar-refractivity contribution < 1.29 is 4.79 Å². The van der Waals surface area contributed by atoms with Crippen molar-refractivity contribution in [2.24, 2.45) is 5.92 Å². The zero-order valence-electron chi connectivity index (χ0n) is 14.6. The number of nitrogens with zero attached hydrogens (tertiary/aromatic N) is 4. The number of para-hydroxylation sites is 1. The Balaban J connectivity index is 1.54. The van der Waals surface area contributed by atoms with Crippen LogP contribution in [-0.2, 0) is 11.3 Å². The molecule has 1 heterocycles. The lowest BCUT2D eigenvalue weighted by Crippen LogP contribution is -2.49. The quantitative estimate of drug-likeness (QED) is 0.840. The Kier molecular flexibility index (Phi) is 4.86. The lowest BCUT2D eigenvalue weighted by molar-refractivity contribution is -0.123. The van der Waals surface area contributed by atoms with Crippen LogP contribution in [0.25, 0.3) is 5.69 Å². The Hall–Kier alpha value is -2.65. The van der Waals surface area contributed by atoms with Crippen LogP contribution in [0.4, 0.5) is 0 Å². The Morgan fingerprint density at radius 1 is 1.44 bits per heavy atom. The number of aromatic nitrogens is 2. The number of carbonyl (C=O) groups excluding carboxylic acids is 1. The van der Waals surface area contributed by atoms with Gasteiger partial charge >= 0.3 is 0 Å². The first-order chi connectivity index (χ1) is 12.0. The Morgan fingerprint density at radius 3 is 2.80 bits per heavy atom. The Morgan fingerprint density at radius 2 is 2.16 bits per heavy atom. The Labute approximate surface area is 148 Å². The highest BCUT2D eigenvalue weighted by atomic mass is 16.2. The summed E-state index contributed by atoms with van der Waals surface area (Å²) in [6.45, 7) is 2.68. The molecule has 6 nitrogen and oxygen atoms in total. The van der Waals surface area contributed by atoms with Gasteiger partial charge in [0, 0.05) is 18.3 Å². The summed E-state index contributed by atoms with van der Waals surface area (Å²) in [5.74, 6) is 0.171. The summed E-state index contributed by atoms with van der Waals surface area (Å²) < 4.78 is 1.82. The smallest absolute Gasteiger partial charge is 0.235 e. The lowest BCUT2D eigenvalue weighted by Gasteiger charge is -2.24. The van der Waals surface area contributed by atoms with E-state index in [0.29, 0.717) is 6.54 Å². The monoisotopic (exact) mass is 337 g/mol. The third-order valence-corrected chi connectivity index (χ3v) is 4.55. The second-order valence-electron chi connectivity index (χ2n) is 6.94. The highest BCUT2D eigenvalue weighted by Crippen LogP contribution is 2.39. The maximum atomic E-state index is 12.3. The van der Waals surface area contributed by atoms with Crippen molar-refractivity contribution in [2.45, 2.75) is 31.8 Å². The van der Waals surface area contributed by atoms with Gasteiger partial charge in [0.2, 0.25) is 5.91 Å². The van der Waals surface area contributed by atoms with Gasteiger partial charge in [-0.05, 0) is 44.9 Å². The van der Waals surface area contributed by atoms with Crippen LogP contribution in [0.2, 0.25) is 0 Å². The van der Waals surface area contributed by atoms with E-state index < -0.39 is 5.54 Å².